The van der Waals surface area contributed by atoms with E-state index in [-0.39, 0.29) is 0 Å². The van der Waals surface area contributed by atoms with E-state index in [2.05, 4.69) is 26.4 Å². The minimum absolute atomic E-state index is 0.638. The van der Waals surface area contributed by atoms with Crippen molar-refractivity contribution in [3.63, 3.8) is 0 Å². The number of hydrogen-bond donors (Lipinski definition) is 1. The summed E-state index contributed by atoms with van der Waals surface area (Å²) < 4.78 is 2.84. The van der Waals surface area contributed by atoms with Gasteiger partial charge in [0.15, 0.2) is 0 Å². The van der Waals surface area contributed by atoms with E-state index in [1.807, 2.05) is 42.5 Å². The number of halogens is 1. The lowest BCUT2D eigenvalue weighted by Gasteiger charge is -2.02. The summed E-state index contributed by atoms with van der Waals surface area (Å²) in [5.74, 6) is 0.638. The summed E-state index contributed by atoms with van der Waals surface area (Å²) >= 11 is 5.09. The largest absolute Gasteiger partial charge is 0.384 e. The number of thiophene rings is 1. The van der Waals surface area contributed by atoms with Crippen LogP contribution in [0.3, 0.4) is 0 Å². The molecular weight excluding hydrogens is 310 g/mol. The second-order valence-corrected chi connectivity index (χ2v) is 6.13. The van der Waals surface area contributed by atoms with Crippen LogP contribution in [0.5, 0.6) is 0 Å². The molecular formula is C13H10BrN3S. The molecule has 18 heavy (non-hydrogen) atoms. The molecule has 2 N–H and O–H groups in total. The molecule has 0 saturated carbocycles. The number of hydrogen-bond acceptors (Lipinski definition) is 3. The molecule has 0 fully saturated rings. The maximum atomic E-state index is 6.01. The number of anilines is 1. The van der Waals surface area contributed by atoms with Crippen LogP contribution in [0.25, 0.3) is 16.9 Å². The third-order valence-corrected chi connectivity index (χ3v) is 4.11. The molecule has 0 spiro atoms. The molecule has 0 aliphatic rings. The van der Waals surface area contributed by atoms with Gasteiger partial charge in [0.1, 0.15) is 5.82 Å². The highest BCUT2D eigenvalue weighted by molar-refractivity contribution is 9.11. The molecule has 0 radical (unpaired) electrons. The highest BCUT2D eigenvalue weighted by Crippen LogP contribution is 2.29. The Balaban J connectivity index is 2.06. The second kappa shape index (κ2) is 4.59. The van der Waals surface area contributed by atoms with Gasteiger partial charge in [-0.15, -0.1) is 11.3 Å². The fourth-order valence-corrected chi connectivity index (χ4v) is 2.91. The average Bonchev–Trinajstić information content (AvgIpc) is 2.97. The van der Waals surface area contributed by atoms with Crippen molar-refractivity contribution in [2.45, 2.75) is 0 Å². The number of rotatable bonds is 2. The Labute approximate surface area is 117 Å². The van der Waals surface area contributed by atoms with Crippen LogP contribution in [0.2, 0.25) is 0 Å². The molecule has 0 bridgehead atoms. The lowest BCUT2D eigenvalue weighted by Crippen LogP contribution is -2.00. The van der Waals surface area contributed by atoms with E-state index in [4.69, 9.17) is 5.73 Å². The minimum Gasteiger partial charge on any atom is -0.384 e. The smallest absolute Gasteiger partial charge is 0.127 e. The Morgan fingerprint density at radius 2 is 1.94 bits per heavy atom. The van der Waals surface area contributed by atoms with Gasteiger partial charge in [0.2, 0.25) is 0 Å². The van der Waals surface area contributed by atoms with E-state index in [0.29, 0.717) is 5.82 Å². The molecule has 0 unspecified atom stereocenters. The zero-order valence-corrected chi connectivity index (χ0v) is 11.8. The van der Waals surface area contributed by atoms with Gasteiger partial charge in [0.25, 0.3) is 0 Å². The summed E-state index contributed by atoms with van der Waals surface area (Å²) in [6.45, 7) is 0. The van der Waals surface area contributed by atoms with Crippen LogP contribution in [0.4, 0.5) is 5.82 Å². The molecule has 0 aliphatic carbocycles. The Morgan fingerprint density at radius 1 is 1.17 bits per heavy atom. The predicted octanol–water partition coefficient (Wildman–Crippen LogP) is 3.95. The van der Waals surface area contributed by atoms with Gasteiger partial charge in [-0.1, -0.05) is 18.2 Å². The molecule has 3 nitrogen and oxygen atoms in total. The van der Waals surface area contributed by atoms with E-state index in [9.17, 15) is 0 Å². The molecule has 3 aromatic rings. The number of nitrogens with zero attached hydrogens (tertiary/aromatic N) is 2. The standard InChI is InChI=1S/C13H10BrN3S/c14-12-6-9(8-18-12)11-7-13(15)17(16-11)10-4-2-1-3-5-10/h1-8H,15H2. The van der Waals surface area contributed by atoms with Crippen molar-refractivity contribution in [3.05, 3.63) is 51.6 Å². The van der Waals surface area contributed by atoms with Crippen molar-refractivity contribution in [2.24, 2.45) is 0 Å². The van der Waals surface area contributed by atoms with Crippen LogP contribution in [0, 0.1) is 0 Å². The monoisotopic (exact) mass is 319 g/mol. The molecule has 2 aromatic heterocycles. The summed E-state index contributed by atoms with van der Waals surface area (Å²) in [4.78, 5) is 0. The first-order valence-electron chi connectivity index (χ1n) is 5.39. The highest BCUT2D eigenvalue weighted by Gasteiger charge is 2.09. The van der Waals surface area contributed by atoms with E-state index < -0.39 is 0 Å². The summed E-state index contributed by atoms with van der Waals surface area (Å²) in [7, 11) is 0. The number of nitrogens with two attached hydrogens (primary N) is 1. The Bertz CT molecular complexity index is 673. The Morgan fingerprint density at radius 3 is 2.61 bits per heavy atom. The summed E-state index contributed by atoms with van der Waals surface area (Å²) in [5, 5.41) is 6.60. The van der Waals surface area contributed by atoms with Crippen LogP contribution in [0.15, 0.2) is 51.6 Å². The van der Waals surface area contributed by atoms with Crippen molar-refractivity contribution in [1.82, 2.24) is 9.78 Å². The van der Waals surface area contributed by atoms with E-state index >= 15 is 0 Å². The molecule has 90 valence electrons. The third kappa shape index (κ3) is 2.07. The van der Waals surface area contributed by atoms with Gasteiger partial charge in [-0.05, 0) is 34.1 Å². The predicted molar refractivity (Wildman–Crippen MR) is 79.0 cm³/mol. The normalized spacial score (nSPS) is 10.7. The van der Waals surface area contributed by atoms with Gasteiger partial charge in [-0.3, -0.25) is 0 Å². The van der Waals surface area contributed by atoms with Crippen LogP contribution >= 0.6 is 27.3 Å². The molecule has 5 heteroatoms. The van der Waals surface area contributed by atoms with Crippen LogP contribution in [-0.2, 0) is 0 Å². The molecule has 1 aromatic carbocycles. The average molecular weight is 320 g/mol. The third-order valence-electron chi connectivity index (χ3n) is 2.60. The summed E-state index contributed by atoms with van der Waals surface area (Å²) in [6, 6.07) is 13.8. The van der Waals surface area contributed by atoms with Crippen molar-refractivity contribution < 1.29 is 0 Å². The number of benzene rings is 1. The van der Waals surface area contributed by atoms with Crippen molar-refractivity contribution in [2.75, 3.05) is 5.73 Å². The van der Waals surface area contributed by atoms with Crippen molar-refractivity contribution in [1.29, 1.82) is 0 Å². The lowest BCUT2D eigenvalue weighted by atomic mass is 10.2. The van der Waals surface area contributed by atoms with Crippen LogP contribution in [0.1, 0.15) is 0 Å². The quantitative estimate of drug-likeness (QED) is 0.777. The number of para-hydroxylation sites is 1. The maximum Gasteiger partial charge on any atom is 0.127 e. The summed E-state index contributed by atoms with van der Waals surface area (Å²) in [6.07, 6.45) is 0. The van der Waals surface area contributed by atoms with Gasteiger partial charge in [-0.2, -0.15) is 5.10 Å². The van der Waals surface area contributed by atoms with Crippen LogP contribution in [-0.4, -0.2) is 9.78 Å². The zero-order valence-electron chi connectivity index (χ0n) is 9.38. The minimum atomic E-state index is 0.638. The number of aromatic nitrogens is 2. The summed E-state index contributed by atoms with van der Waals surface area (Å²) in [5.41, 5.74) is 8.94. The van der Waals surface area contributed by atoms with Gasteiger partial charge in [0.05, 0.1) is 15.2 Å². The Hall–Kier alpha value is -1.59. The highest BCUT2D eigenvalue weighted by atomic mass is 79.9. The number of nitrogen functional groups attached to an aromatic ring is 1. The molecule has 0 saturated heterocycles. The molecule has 0 aliphatic heterocycles. The molecule has 3 rings (SSSR count). The first kappa shape index (κ1) is 11.5. The second-order valence-electron chi connectivity index (χ2n) is 3.84. The first-order chi connectivity index (χ1) is 8.74. The first-order valence-corrected chi connectivity index (χ1v) is 7.07. The SMILES string of the molecule is Nc1cc(-c2csc(Br)c2)nn1-c1ccccc1. The van der Waals surface area contributed by atoms with Gasteiger partial charge in [0, 0.05) is 17.0 Å². The van der Waals surface area contributed by atoms with Gasteiger partial charge in [-0.25, -0.2) is 4.68 Å². The maximum absolute atomic E-state index is 6.01. The van der Waals surface area contributed by atoms with Crippen molar-refractivity contribution >= 4 is 33.1 Å². The molecule has 0 atom stereocenters. The topological polar surface area (TPSA) is 43.8 Å². The zero-order chi connectivity index (χ0) is 12.5. The van der Waals surface area contributed by atoms with Crippen LogP contribution < -0.4 is 5.73 Å². The van der Waals surface area contributed by atoms with E-state index in [0.717, 1.165) is 20.7 Å². The van der Waals surface area contributed by atoms with Gasteiger partial charge < -0.3 is 5.73 Å². The Kier molecular flexibility index (Phi) is 2.93. The van der Waals surface area contributed by atoms with Crippen molar-refractivity contribution in [3.8, 4) is 16.9 Å². The van der Waals surface area contributed by atoms with E-state index in [1.165, 1.54) is 0 Å². The van der Waals surface area contributed by atoms with Gasteiger partial charge >= 0.3 is 0 Å². The fraction of sp³-hybridized carbons (Fsp3) is 0. The molecule has 2 heterocycles. The molecule has 0 amide bonds. The van der Waals surface area contributed by atoms with E-state index in [1.54, 1.807) is 16.0 Å². The lowest BCUT2D eigenvalue weighted by molar-refractivity contribution is 0.895. The fourth-order valence-electron chi connectivity index (χ4n) is 1.76.